The van der Waals surface area contributed by atoms with Crippen molar-refractivity contribution in [1.29, 1.82) is 0 Å². The van der Waals surface area contributed by atoms with Crippen LogP contribution in [-0.4, -0.2) is 26.1 Å². The van der Waals surface area contributed by atoms with E-state index in [9.17, 15) is 9.18 Å². The van der Waals surface area contributed by atoms with Crippen LogP contribution >= 0.6 is 0 Å². The number of carboxylic acids is 1. The molecule has 1 aromatic heterocycles. The molecule has 0 amide bonds. The molecule has 0 aliphatic rings. The number of hydrogen-bond donors (Lipinski definition) is 1. The molecule has 1 atom stereocenters. The average Bonchev–Trinajstić information content (AvgIpc) is 2.77. The Morgan fingerprint density at radius 3 is 2.94 bits per heavy atom. The summed E-state index contributed by atoms with van der Waals surface area (Å²) in [6, 6.07) is 5.82. The predicted molar refractivity (Wildman–Crippen MR) is 57.4 cm³/mol. The van der Waals surface area contributed by atoms with E-state index < -0.39 is 11.9 Å². The van der Waals surface area contributed by atoms with Crippen LogP contribution in [0.4, 0.5) is 4.39 Å². The number of aliphatic carboxylic acids is 1. The predicted octanol–water partition coefficient (Wildman–Crippen LogP) is 1.59. The van der Waals surface area contributed by atoms with Crippen LogP contribution in [0.2, 0.25) is 0 Å². The van der Waals surface area contributed by atoms with Crippen molar-refractivity contribution in [2.75, 3.05) is 0 Å². The van der Waals surface area contributed by atoms with Gasteiger partial charge in [0, 0.05) is 0 Å². The molecule has 2 aromatic rings. The summed E-state index contributed by atoms with van der Waals surface area (Å²) < 4.78 is 14.3. The highest BCUT2D eigenvalue weighted by Crippen LogP contribution is 2.14. The van der Waals surface area contributed by atoms with E-state index in [0.29, 0.717) is 11.4 Å². The first-order valence-electron chi connectivity index (χ1n) is 4.99. The summed E-state index contributed by atoms with van der Waals surface area (Å²) in [5.41, 5.74) is 0.836. The fourth-order valence-corrected chi connectivity index (χ4v) is 1.35. The lowest BCUT2D eigenvalue weighted by molar-refractivity contribution is -0.138. The molecule has 1 aromatic carbocycles. The van der Waals surface area contributed by atoms with Crippen molar-refractivity contribution in [3.8, 4) is 5.69 Å². The summed E-state index contributed by atoms with van der Waals surface area (Å²) in [6.07, 6.45) is 1.48. The van der Waals surface area contributed by atoms with Gasteiger partial charge in [-0.1, -0.05) is 11.3 Å². The molecule has 1 N–H and O–H groups in total. The second kappa shape index (κ2) is 4.32. The Morgan fingerprint density at radius 1 is 1.53 bits per heavy atom. The highest BCUT2D eigenvalue weighted by molar-refractivity contribution is 5.74. The minimum atomic E-state index is -0.976. The van der Waals surface area contributed by atoms with E-state index >= 15 is 0 Å². The van der Waals surface area contributed by atoms with Gasteiger partial charge in [-0.05, 0) is 25.1 Å². The SMILES string of the molecule is CC(C(=O)O)c1cn(-c2cccc(F)c2)nn1. The second-order valence-electron chi connectivity index (χ2n) is 3.63. The molecular weight excluding hydrogens is 225 g/mol. The Bertz CT molecular complexity index is 553. The molecule has 0 fully saturated rings. The number of benzene rings is 1. The first-order chi connectivity index (χ1) is 8.08. The summed E-state index contributed by atoms with van der Waals surface area (Å²) in [4.78, 5) is 10.8. The first kappa shape index (κ1) is 11.3. The number of aromatic nitrogens is 3. The lowest BCUT2D eigenvalue weighted by Crippen LogP contribution is -2.07. The Morgan fingerprint density at radius 2 is 2.29 bits per heavy atom. The van der Waals surface area contributed by atoms with Gasteiger partial charge >= 0.3 is 5.97 Å². The van der Waals surface area contributed by atoms with Crippen molar-refractivity contribution >= 4 is 5.97 Å². The number of nitrogens with zero attached hydrogens (tertiary/aromatic N) is 3. The molecule has 1 heterocycles. The van der Waals surface area contributed by atoms with E-state index in [4.69, 9.17) is 5.11 Å². The number of rotatable bonds is 3. The largest absolute Gasteiger partial charge is 0.481 e. The molecule has 0 saturated carbocycles. The molecule has 0 spiro atoms. The van der Waals surface area contributed by atoms with Gasteiger partial charge in [0.2, 0.25) is 0 Å². The average molecular weight is 235 g/mol. The van der Waals surface area contributed by atoms with Crippen molar-refractivity contribution in [3.05, 3.63) is 42.0 Å². The van der Waals surface area contributed by atoms with Crippen LogP contribution in [0, 0.1) is 5.82 Å². The number of carboxylic acid groups (broad SMARTS) is 1. The van der Waals surface area contributed by atoms with E-state index in [-0.39, 0.29) is 5.82 Å². The van der Waals surface area contributed by atoms with Crippen molar-refractivity contribution in [3.63, 3.8) is 0 Å². The van der Waals surface area contributed by atoms with Crippen LogP contribution in [0.15, 0.2) is 30.5 Å². The van der Waals surface area contributed by atoms with E-state index in [1.807, 2.05) is 0 Å². The van der Waals surface area contributed by atoms with Crippen LogP contribution in [0.5, 0.6) is 0 Å². The third-order valence-electron chi connectivity index (χ3n) is 2.40. The first-order valence-corrected chi connectivity index (χ1v) is 4.99. The Labute approximate surface area is 96.5 Å². The zero-order valence-electron chi connectivity index (χ0n) is 9.04. The summed E-state index contributed by atoms with van der Waals surface area (Å²) in [5.74, 6) is -2.10. The molecule has 6 heteroatoms. The van der Waals surface area contributed by atoms with E-state index in [2.05, 4.69) is 10.3 Å². The van der Waals surface area contributed by atoms with Crippen LogP contribution in [0.25, 0.3) is 5.69 Å². The van der Waals surface area contributed by atoms with Crippen molar-refractivity contribution in [2.24, 2.45) is 0 Å². The monoisotopic (exact) mass is 235 g/mol. The van der Waals surface area contributed by atoms with E-state index in [1.165, 1.54) is 29.9 Å². The molecule has 0 aliphatic heterocycles. The van der Waals surface area contributed by atoms with Crippen LogP contribution in [0.1, 0.15) is 18.5 Å². The van der Waals surface area contributed by atoms with Gasteiger partial charge in [0.15, 0.2) is 0 Å². The number of carbonyl (C=O) groups is 1. The molecule has 0 radical (unpaired) electrons. The molecular formula is C11H10FN3O2. The quantitative estimate of drug-likeness (QED) is 0.877. The zero-order chi connectivity index (χ0) is 12.4. The molecule has 1 unspecified atom stereocenters. The minimum absolute atomic E-state index is 0.335. The molecule has 2 rings (SSSR count). The van der Waals surface area contributed by atoms with Gasteiger partial charge in [-0.2, -0.15) is 0 Å². The van der Waals surface area contributed by atoms with E-state index in [1.54, 1.807) is 12.1 Å². The zero-order valence-corrected chi connectivity index (χ0v) is 9.04. The molecule has 88 valence electrons. The number of halogens is 1. The van der Waals surface area contributed by atoms with Gasteiger partial charge in [-0.25, -0.2) is 9.07 Å². The third kappa shape index (κ3) is 2.30. The van der Waals surface area contributed by atoms with Crippen molar-refractivity contribution in [1.82, 2.24) is 15.0 Å². The van der Waals surface area contributed by atoms with Crippen LogP contribution in [0.3, 0.4) is 0 Å². The number of hydrogen-bond acceptors (Lipinski definition) is 3. The standard InChI is InChI=1S/C11H10FN3O2/c1-7(11(16)17)10-6-15(14-13-10)9-4-2-3-8(12)5-9/h2-7H,1H3,(H,16,17). The molecule has 0 bridgehead atoms. The lowest BCUT2D eigenvalue weighted by atomic mass is 10.1. The van der Waals surface area contributed by atoms with Crippen molar-refractivity contribution in [2.45, 2.75) is 12.8 Å². The van der Waals surface area contributed by atoms with Crippen molar-refractivity contribution < 1.29 is 14.3 Å². The molecule has 17 heavy (non-hydrogen) atoms. The van der Waals surface area contributed by atoms with Crippen LogP contribution < -0.4 is 0 Å². The summed E-state index contributed by atoms with van der Waals surface area (Å²) in [7, 11) is 0. The Kier molecular flexibility index (Phi) is 2.86. The minimum Gasteiger partial charge on any atom is -0.481 e. The smallest absolute Gasteiger partial charge is 0.312 e. The Hall–Kier alpha value is -2.24. The fourth-order valence-electron chi connectivity index (χ4n) is 1.35. The second-order valence-corrected chi connectivity index (χ2v) is 3.63. The highest BCUT2D eigenvalue weighted by atomic mass is 19.1. The Balaban J connectivity index is 2.33. The summed E-state index contributed by atoms with van der Waals surface area (Å²) in [5, 5.41) is 16.3. The normalized spacial score (nSPS) is 12.4. The van der Waals surface area contributed by atoms with Gasteiger partial charge in [0.05, 0.1) is 23.5 Å². The van der Waals surface area contributed by atoms with E-state index in [0.717, 1.165) is 0 Å². The van der Waals surface area contributed by atoms with Gasteiger partial charge in [-0.15, -0.1) is 5.10 Å². The van der Waals surface area contributed by atoms with Gasteiger partial charge < -0.3 is 5.11 Å². The topological polar surface area (TPSA) is 68.0 Å². The maximum atomic E-state index is 13.0. The van der Waals surface area contributed by atoms with Gasteiger partial charge in [0.25, 0.3) is 0 Å². The maximum Gasteiger partial charge on any atom is 0.312 e. The highest BCUT2D eigenvalue weighted by Gasteiger charge is 2.17. The van der Waals surface area contributed by atoms with Gasteiger partial charge in [0.1, 0.15) is 5.82 Å². The lowest BCUT2D eigenvalue weighted by Gasteiger charge is -2.00. The summed E-state index contributed by atoms with van der Waals surface area (Å²) in [6.45, 7) is 1.52. The molecule has 0 aliphatic carbocycles. The third-order valence-corrected chi connectivity index (χ3v) is 2.40. The van der Waals surface area contributed by atoms with Gasteiger partial charge in [-0.3, -0.25) is 4.79 Å². The fraction of sp³-hybridized carbons (Fsp3) is 0.182. The molecule has 5 nitrogen and oxygen atoms in total. The maximum absolute atomic E-state index is 13.0. The van der Waals surface area contributed by atoms with Crippen LogP contribution in [-0.2, 0) is 4.79 Å². The summed E-state index contributed by atoms with van der Waals surface area (Å²) >= 11 is 0. The molecule has 0 saturated heterocycles.